The van der Waals surface area contributed by atoms with Crippen molar-refractivity contribution in [3.8, 4) is 11.5 Å². The molecule has 1 saturated carbocycles. The van der Waals surface area contributed by atoms with E-state index in [0.717, 1.165) is 42.4 Å². The van der Waals surface area contributed by atoms with Crippen LogP contribution in [0.5, 0.6) is 11.5 Å². The standard InChI is InChI=1S/C27H34ClNO4/c1-16(2)33-25-15-23-20(13-24(25)32-4)14-26(31)29(22-11-7-18(8-12-22)17(3)30)27(23)19-5-9-21(28)10-6-19/h5-6,9-10,13,15-18,22,27,30H,7-8,11-12,14H2,1-4H3/t17?,18-,22-,27?. The molecular weight excluding hydrogens is 438 g/mol. The lowest BCUT2D eigenvalue weighted by Gasteiger charge is -2.45. The first-order valence-corrected chi connectivity index (χ1v) is 12.3. The third-order valence-corrected chi connectivity index (χ3v) is 7.25. The van der Waals surface area contributed by atoms with Crippen LogP contribution in [0.3, 0.4) is 0 Å². The average Bonchev–Trinajstić information content (AvgIpc) is 2.78. The van der Waals surface area contributed by atoms with E-state index in [0.29, 0.717) is 28.9 Å². The number of carbonyl (C=O) groups is 1. The molecule has 2 aromatic carbocycles. The maximum Gasteiger partial charge on any atom is 0.228 e. The summed E-state index contributed by atoms with van der Waals surface area (Å²) in [6.07, 6.45) is 3.68. The zero-order valence-corrected chi connectivity index (χ0v) is 20.6. The largest absolute Gasteiger partial charge is 0.493 e. The minimum Gasteiger partial charge on any atom is -0.493 e. The molecule has 2 aromatic rings. The minimum absolute atomic E-state index is 0.00278. The van der Waals surface area contributed by atoms with E-state index in [2.05, 4.69) is 4.90 Å². The molecule has 1 heterocycles. The van der Waals surface area contributed by atoms with Crippen LogP contribution in [0.2, 0.25) is 5.02 Å². The predicted molar refractivity (Wildman–Crippen MR) is 130 cm³/mol. The Kier molecular flexibility index (Phi) is 7.20. The van der Waals surface area contributed by atoms with Crippen LogP contribution in [-0.2, 0) is 11.2 Å². The fourth-order valence-corrected chi connectivity index (χ4v) is 5.47. The Bertz CT molecular complexity index is 980. The quantitative estimate of drug-likeness (QED) is 0.600. The second-order valence-corrected chi connectivity index (χ2v) is 10.0. The normalized spacial score (nSPS) is 23.9. The molecule has 0 bridgehead atoms. The van der Waals surface area contributed by atoms with Crippen molar-refractivity contribution in [1.82, 2.24) is 4.90 Å². The molecule has 4 rings (SSSR count). The molecule has 1 aliphatic heterocycles. The molecule has 1 amide bonds. The first kappa shape index (κ1) is 23.9. The van der Waals surface area contributed by atoms with Gasteiger partial charge in [-0.05, 0) is 93.3 Å². The number of carbonyl (C=O) groups excluding carboxylic acids is 1. The number of aliphatic hydroxyl groups excluding tert-OH is 1. The van der Waals surface area contributed by atoms with Crippen molar-refractivity contribution >= 4 is 17.5 Å². The number of rotatable bonds is 6. The number of hydrogen-bond acceptors (Lipinski definition) is 4. The molecule has 2 aliphatic rings. The smallest absolute Gasteiger partial charge is 0.228 e. The molecule has 2 unspecified atom stereocenters. The maximum atomic E-state index is 13.6. The SMILES string of the molecule is COc1cc2c(cc1OC(C)C)C(c1ccc(Cl)cc1)N([C@H]1CC[C@H](C(C)O)CC1)C(=O)C2. The Labute approximate surface area is 201 Å². The third kappa shape index (κ3) is 4.99. The highest BCUT2D eigenvalue weighted by Gasteiger charge is 2.40. The maximum absolute atomic E-state index is 13.6. The summed E-state index contributed by atoms with van der Waals surface area (Å²) in [5.74, 6) is 1.77. The van der Waals surface area contributed by atoms with Gasteiger partial charge >= 0.3 is 0 Å². The van der Waals surface area contributed by atoms with Crippen molar-refractivity contribution in [3.63, 3.8) is 0 Å². The number of nitrogens with zero attached hydrogens (tertiary/aromatic N) is 1. The van der Waals surface area contributed by atoms with E-state index < -0.39 is 0 Å². The van der Waals surface area contributed by atoms with Gasteiger partial charge in [0.2, 0.25) is 5.91 Å². The van der Waals surface area contributed by atoms with E-state index in [9.17, 15) is 9.90 Å². The summed E-state index contributed by atoms with van der Waals surface area (Å²) < 4.78 is 11.7. The van der Waals surface area contributed by atoms with Gasteiger partial charge in [-0.1, -0.05) is 23.7 Å². The molecule has 178 valence electrons. The number of halogens is 1. The van der Waals surface area contributed by atoms with Crippen LogP contribution in [0.1, 0.15) is 69.2 Å². The fraction of sp³-hybridized carbons (Fsp3) is 0.519. The van der Waals surface area contributed by atoms with Gasteiger partial charge in [-0.15, -0.1) is 0 Å². The predicted octanol–water partition coefficient (Wildman–Crippen LogP) is 5.55. The van der Waals surface area contributed by atoms with Crippen molar-refractivity contribution in [2.24, 2.45) is 5.92 Å². The molecular formula is C27H34ClNO4. The highest BCUT2D eigenvalue weighted by molar-refractivity contribution is 6.30. The first-order chi connectivity index (χ1) is 15.8. The van der Waals surface area contributed by atoms with E-state index in [4.69, 9.17) is 21.1 Å². The van der Waals surface area contributed by atoms with Crippen molar-refractivity contribution < 1.29 is 19.4 Å². The lowest BCUT2D eigenvalue weighted by Crippen LogP contribution is -2.48. The summed E-state index contributed by atoms with van der Waals surface area (Å²) in [5.41, 5.74) is 3.08. The van der Waals surface area contributed by atoms with Gasteiger partial charge in [-0.25, -0.2) is 0 Å². The highest BCUT2D eigenvalue weighted by atomic mass is 35.5. The Morgan fingerprint density at radius 2 is 1.70 bits per heavy atom. The molecule has 1 fully saturated rings. The van der Waals surface area contributed by atoms with Crippen LogP contribution in [0.15, 0.2) is 36.4 Å². The van der Waals surface area contributed by atoms with Gasteiger partial charge in [0.05, 0.1) is 31.8 Å². The second kappa shape index (κ2) is 9.94. The summed E-state index contributed by atoms with van der Waals surface area (Å²) in [4.78, 5) is 15.6. The molecule has 0 aromatic heterocycles. The molecule has 33 heavy (non-hydrogen) atoms. The Hall–Kier alpha value is -2.24. The van der Waals surface area contributed by atoms with Crippen LogP contribution in [-0.4, -0.2) is 41.3 Å². The number of amides is 1. The number of fused-ring (bicyclic) bond motifs is 1. The molecule has 2 atom stereocenters. The molecule has 0 spiro atoms. The van der Waals surface area contributed by atoms with E-state index in [1.165, 1.54) is 0 Å². The highest BCUT2D eigenvalue weighted by Crippen LogP contribution is 2.45. The zero-order chi connectivity index (χ0) is 23.7. The first-order valence-electron chi connectivity index (χ1n) is 11.9. The molecule has 1 aliphatic carbocycles. The number of benzene rings is 2. The van der Waals surface area contributed by atoms with Gasteiger partial charge in [0.15, 0.2) is 11.5 Å². The summed E-state index contributed by atoms with van der Waals surface area (Å²) in [7, 11) is 1.63. The lowest BCUT2D eigenvalue weighted by atomic mass is 9.79. The summed E-state index contributed by atoms with van der Waals surface area (Å²) in [6.45, 7) is 5.85. The van der Waals surface area contributed by atoms with Crippen LogP contribution >= 0.6 is 11.6 Å². The van der Waals surface area contributed by atoms with Gasteiger partial charge in [0, 0.05) is 11.1 Å². The summed E-state index contributed by atoms with van der Waals surface area (Å²) in [6, 6.07) is 11.7. The van der Waals surface area contributed by atoms with Crippen molar-refractivity contribution in [1.29, 1.82) is 0 Å². The Morgan fingerprint density at radius 3 is 2.27 bits per heavy atom. The van der Waals surface area contributed by atoms with Crippen LogP contribution in [0.25, 0.3) is 0 Å². The monoisotopic (exact) mass is 471 g/mol. The van der Waals surface area contributed by atoms with Crippen molar-refractivity contribution in [2.45, 2.75) is 77.2 Å². The third-order valence-electron chi connectivity index (χ3n) is 6.99. The topological polar surface area (TPSA) is 59.0 Å². The second-order valence-electron chi connectivity index (χ2n) is 9.61. The molecule has 0 saturated heterocycles. The van der Waals surface area contributed by atoms with Gasteiger partial charge in [0.25, 0.3) is 0 Å². The fourth-order valence-electron chi connectivity index (χ4n) is 5.34. The molecule has 5 nitrogen and oxygen atoms in total. The number of ether oxygens (including phenoxy) is 2. The number of methoxy groups -OCH3 is 1. The summed E-state index contributed by atoms with van der Waals surface area (Å²) >= 11 is 6.19. The number of hydrogen-bond donors (Lipinski definition) is 1. The van der Waals surface area contributed by atoms with Crippen molar-refractivity contribution in [2.75, 3.05) is 7.11 Å². The Balaban J connectivity index is 1.78. The van der Waals surface area contributed by atoms with Gasteiger partial charge in [0.1, 0.15) is 0 Å². The van der Waals surface area contributed by atoms with E-state index >= 15 is 0 Å². The van der Waals surface area contributed by atoms with E-state index in [1.807, 2.05) is 57.2 Å². The van der Waals surface area contributed by atoms with Crippen molar-refractivity contribution in [3.05, 3.63) is 58.1 Å². The molecule has 1 N–H and O–H groups in total. The van der Waals surface area contributed by atoms with Gasteiger partial charge in [-0.2, -0.15) is 0 Å². The Morgan fingerprint density at radius 1 is 1.03 bits per heavy atom. The molecule has 0 radical (unpaired) electrons. The van der Waals surface area contributed by atoms with Crippen LogP contribution < -0.4 is 9.47 Å². The average molecular weight is 472 g/mol. The van der Waals surface area contributed by atoms with Crippen LogP contribution in [0.4, 0.5) is 0 Å². The zero-order valence-electron chi connectivity index (χ0n) is 19.9. The van der Waals surface area contributed by atoms with E-state index in [1.54, 1.807) is 7.11 Å². The van der Waals surface area contributed by atoms with Crippen LogP contribution in [0, 0.1) is 5.92 Å². The van der Waals surface area contributed by atoms with Gasteiger partial charge in [-0.3, -0.25) is 4.79 Å². The van der Waals surface area contributed by atoms with E-state index in [-0.39, 0.29) is 30.2 Å². The minimum atomic E-state index is -0.306. The lowest BCUT2D eigenvalue weighted by molar-refractivity contribution is -0.137. The number of aliphatic hydroxyl groups is 1. The summed E-state index contributed by atoms with van der Waals surface area (Å²) in [5, 5.41) is 10.7. The molecule has 6 heteroatoms. The van der Waals surface area contributed by atoms with Gasteiger partial charge < -0.3 is 19.5 Å².